The summed E-state index contributed by atoms with van der Waals surface area (Å²) in [4.78, 5) is 11.5. The lowest BCUT2D eigenvalue weighted by molar-refractivity contribution is -0.118. The van der Waals surface area contributed by atoms with Crippen LogP contribution in [0, 0.1) is 5.92 Å². The lowest BCUT2D eigenvalue weighted by Gasteiger charge is -2.09. The lowest BCUT2D eigenvalue weighted by Crippen LogP contribution is -2.33. The number of benzene rings is 1. The molecule has 0 spiro atoms. The Morgan fingerprint density at radius 1 is 1.32 bits per heavy atom. The topological polar surface area (TPSA) is 63.2 Å². The first-order chi connectivity index (χ1) is 8.80. The number of rotatable bonds is 6. The van der Waals surface area contributed by atoms with Crippen molar-refractivity contribution < 1.29 is 13.2 Å². The maximum atomic E-state index is 11.9. The van der Waals surface area contributed by atoms with Crippen LogP contribution < -0.4 is 5.32 Å². The number of sulfone groups is 1. The molecule has 0 aliphatic carbocycles. The van der Waals surface area contributed by atoms with Gasteiger partial charge in [-0.15, -0.1) is 0 Å². The van der Waals surface area contributed by atoms with Gasteiger partial charge in [-0.05, 0) is 17.5 Å². The maximum absolute atomic E-state index is 11.9. The van der Waals surface area contributed by atoms with Crippen molar-refractivity contribution >= 4 is 27.3 Å². The van der Waals surface area contributed by atoms with Crippen molar-refractivity contribution in [3.63, 3.8) is 0 Å². The number of hydrogen-bond donors (Lipinski definition) is 1. The summed E-state index contributed by atoms with van der Waals surface area (Å²) in [6.07, 6.45) is 0. The number of halogens is 1. The van der Waals surface area contributed by atoms with Gasteiger partial charge < -0.3 is 5.32 Å². The quantitative estimate of drug-likeness (QED) is 0.874. The van der Waals surface area contributed by atoms with Crippen LogP contribution in [0.1, 0.15) is 19.4 Å². The Labute approximate surface area is 119 Å². The van der Waals surface area contributed by atoms with E-state index in [1.165, 1.54) is 0 Å². The van der Waals surface area contributed by atoms with Crippen molar-refractivity contribution in [2.24, 2.45) is 5.92 Å². The van der Waals surface area contributed by atoms with Crippen LogP contribution in [0.3, 0.4) is 0 Å². The number of hydrogen-bond acceptors (Lipinski definition) is 3. The summed E-state index contributed by atoms with van der Waals surface area (Å²) >= 11 is 5.90. The Balaban J connectivity index is 2.62. The van der Waals surface area contributed by atoms with Crippen LogP contribution in [0.15, 0.2) is 24.3 Å². The smallest absolute Gasteiger partial charge is 0.235 e. The molecule has 106 valence electrons. The fourth-order valence-electron chi connectivity index (χ4n) is 1.47. The molecule has 0 fully saturated rings. The fourth-order valence-corrected chi connectivity index (χ4v) is 3.08. The van der Waals surface area contributed by atoms with Gasteiger partial charge in [-0.25, -0.2) is 8.42 Å². The fraction of sp³-hybridized carbons (Fsp3) is 0.462. The first-order valence-corrected chi connectivity index (χ1v) is 8.20. The molecule has 0 unspecified atom stereocenters. The molecule has 0 bridgehead atoms. The van der Waals surface area contributed by atoms with Gasteiger partial charge in [-0.1, -0.05) is 43.6 Å². The molecule has 0 aliphatic rings. The summed E-state index contributed by atoms with van der Waals surface area (Å²) < 4.78 is 23.8. The minimum atomic E-state index is -3.50. The second-order valence-electron chi connectivity index (χ2n) is 4.82. The largest absolute Gasteiger partial charge is 0.355 e. The number of carbonyl (C=O) groups is 1. The van der Waals surface area contributed by atoms with Crippen LogP contribution in [0.2, 0.25) is 5.02 Å². The third-order valence-electron chi connectivity index (χ3n) is 2.39. The van der Waals surface area contributed by atoms with Gasteiger partial charge in [0.2, 0.25) is 5.91 Å². The molecule has 0 saturated carbocycles. The van der Waals surface area contributed by atoms with E-state index in [2.05, 4.69) is 5.32 Å². The molecule has 0 atom stereocenters. The molecular weight excluding hydrogens is 286 g/mol. The van der Waals surface area contributed by atoms with E-state index in [0.29, 0.717) is 17.1 Å². The molecule has 1 N–H and O–H groups in total. The molecular formula is C13H18ClNO3S. The molecule has 1 aromatic rings. The lowest BCUT2D eigenvalue weighted by atomic mass is 10.2. The molecule has 0 aliphatic heterocycles. The van der Waals surface area contributed by atoms with Crippen molar-refractivity contribution in [1.82, 2.24) is 5.32 Å². The Hall–Kier alpha value is -1.07. The predicted molar refractivity (Wildman–Crippen MR) is 76.8 cm³/mol. The average molecular weight is 304 g/mol. The molecule has 19 heavy (non-hydrogen) atoms. The van der Waals surface area contributed by atoms with E-state index in [0.717, 1.165) is 0 Å². The Morgan fingerprint density at radius 3 is 2.53 bits per heavy atom. The zero-order chi connectivity index (χ0) is 14.5. The van der Waals surface area contributed by atoms with Crippen LogP contribution in [-0.4, -0.2) is 26.6 Å². The molecule has 4 nitrogen and oxygen atoms in total. The highest BCUT2D eigenvalue weighted by molar-refractivity contribution is 7.91. The van der Waals surface area contributed by atoms with Gasteiger partial charge in [0.1, 0.15) is 5.75 Å². The van der Waals surface area contributed by atoms with Crippen LogP contribution in [-0.2, 0) is 20.4 Å². The van der Waals surface area contributed by atoms with Gasteiger partial charge in [0.05, 0.1) is 5.75 Å². The van der Waals surface area contributed by atoms with E-state index >= 15 is 0 Å². The second-order valence-corrected chi connectivity index (χ2v) is 7.29. The predicted octanol–water partition coefficient (Wildman–Crippen LogP) is 2.03. The molecule has 0 aromatic heterocycles. The highest BCUT2D eigenvalue weighted by Crippen LogP contribution is 2.17. The Kier molecular flexibility index (Phi) is 5.82. The number of carbonyl (C=O) groups excluding carboxylic acids is 1. The van der Waals surface area contributed by atoms with Crippen LogP contribution in [0.25, 0.3) is 0 Å². The normalized spacial score (nSPS) is 11.6. The average Bonchev–Trinajstić information content (AvgIpc) is 2.28. The Morgan fingerprint density at radius 2 is 1.95 bits per heavy atom. The van der Waals surface area contributed by atoms with Crippen molar-refractivity contribution in [3.05, 3.63) is 34.9 Å². The third kappa shape index (κ3) is 6.07. The summed E-state index contributed by atoms with van der Waals surface area (Å²) in [5.74, 6) is -0.914. The van der Waals surface area contributed by atoms with E-state index < -0.39 is 21.5 Å². The molecule has 0 heterocycles. The third-order valence-corrected chi connectivity index (χ3v) is 4.21. The molecule has 1 aromatic carbocycles. The molecule has 1 rings (SSSR count). The zero-order valence-electron chi connectivity index (χ0n) is 11.0. The number of nitrogens with one attached hydrogen (secondary N) is 1. The van der Waals surface area contributed by atoms with Gasteiger partial charge in [-0.3, -0.25) is 4.79 Å². The Bertz CT molecular complexity index is 541. The number of amides is 1. The van der Waals surface area contributed by atoms with Gasteiger partial charge in [0.25, 0.3) is 0 Å². The van der Waals surface area contributed by atoms with Gasteiger partial charge in [0, 0.05) is 11.6 Å². The van der Waals surface area contributed by atoms with Gasteiger partial charge in [-0.2, -0.15) is 0 Å². The van der Waals surface area contributed by atoms with E-state index in [1.807, 2.05) is 13.8 Å². The molecule has 1 amide bonds. The highest BCUT2D eigenvalue weighted by Gasteiger charge is 2.18. The molecule has 0 saturated heterocycles. The summed E-state index contributed by atoms with van der Waals surface area (Å²) in [6.45, 7) is 4.36. The van der Waals surface area contributed by atoms with Crippen molar-refractivity contribution in [2.45, 2.75) is 19.6 Å². The maximum Gasteiger partial charge on any atom is 0.235 e. The second kappa shape index (κ2) is 6.91. The van der Waals surface area contributed by atoms with E-state index in [1.54, 1.807) is 24.3 Å². The molecule has 0 radical (unpaired) electrons. The SMILES string of the molecule is CC(C)CNC(=O)CS(=O)(=O)Cc1ccccc1Cl. The van der Waals surface area contributed by atoms with Crippen LogP contribution >= 0.6 is 11.6 Å². The summed E-state index contributed by atoms with van der Waals surface area (Å²) in [5, 5.41) is 2.98. The van der Waals surface area contributed by atoms with Crippen molar-refractivity contribution in [3.8, 4) is 0 Å². The highest BCUT2D eigenvalue weighted by atomic mass is 35.5. The van der Waals surface area contributed by atoms with E-state index in [4.69, 9.17) is 11.6 Å². The van der Waals surface area contributed by atoms with Crippen LogP contribution in [0.5, 0.6) is 0 Å². The first-order valence-electron chi connectivity index (χ1n) is 6.00. The minimum absolute atomic E-state index is 0.220. The summed E-state index contributed by atoms with van der Waals surface area (Å²) in [5.41, 5.74) is 0.515. The summed E-state index contributed by atoms with van der Waals surface area (Å²) in [6, 6.07) is 6.72. The van der Waals surface area contributed by atoms with Gasteiger partial charge in [0.15, 0.2) is 9.84 Å². The zero-order valence-corrected chi connectivity index (χ0v) is 12.6. The van der Waals surface area contributed by atoms with Gasteiger partial charge >= 0.3 is 0 Å². The van der Waals surface area contributed by atoms with E-state index in [-0.39, 0.29) is 11.7 Å². The first kappa shape index (κ1) is 16.0. The monoisotopic (exact) mass is 303 g/mol. The summed E-state index contributed by atoms with van der Waals surface area (Å²) in [7, 11) is -3.50. The van der Waals surface area contributed by atoms with Crippen LogP contribution in [0.4, 0.5) is 0 Å². The molecule has 6 heteroatoms. The van der Waals surface area contributed by atoms with Crippen molar-refractivity contribution in [2.75, 3.05) is 12.3 Å². The van der Waals surface area contributed by atoms with Crippen molar-refractivity contribution in [1.29, 1.82) is 0 Å². The van der Waals surface area contributed by atoms with E-state index in [9.17, 15) is 13.2 Å². The minimum Gasteiger partial charge on any atom is -0.355 e. The standard InChI is InChI=1S/C13H18ClNO3S/c1-10(2)7-15-13(16)9-19(17,18)8-11-5-3-4-6-12(11)14/h3-6,10H,7-9H2,1-2H3,(H,15,16).